The van der Waals surface area contributed by atoms with E-state index in [0.717, 1.165) is 10.4 Å². The van der Waals surface area contributed by atoms with Crippen molar-refractivity contribution in [1.82, 2.24) is 0 Å². The summed E-state index contributed by atoms with van der Waals surface area (Å²) in [7, 11) is -1.59. The molecule has 1 fully saturated rings. The van der Waals surface area contributed by atoms with Gasteiger partial charge in [-0.1, -0.05) is 0 Å². The van der Waals surface area contributed by atoms with Gasteiger partial charge in [-0.15, -0.1) is 11.3 Å². The number of ether oxygens (including phenoxy) is 2. The molecule has 0 spiro atoms. The van der Waals surface area contributed by atoms with Gasteiger partial charge in [-0.2, -0.15) is 0 Å². The minimum Gasteiger partial charge on any atom is -0.497 e. The number of carbonyl (C=O) groups excluding carboxylic acids is 2. The molecule has 3 rings (SSSR count). The van der Waals surface area contributed by atoms with Crippen LogP contribution >= 0.6 is 11.3 Å². The first-order valence-electron chi connectivity index (χ1n) is 8.79. The predicted molar refractivity (Wildman–Crippen MR) is 108 cm³/mol. The number of rotatable bonds is 6. The molecule has 0 unspecified atom stereocenters. The molecule has 1 N–H and O–H groups in total. The van der Waals surface area contributed by atoms with Crippen molar-refractivity contribution in [3.8, 4) is 16.2 Å². The van der Waals surface area contributed by atoms with Crippen LogP contribution in [0.4, 0.5) is 5.69 Å². The SMILES string of the molecule is CCOC(=O)c1sc(-c2ccc(OC)cc2)cc1NC(=O)[C@@H]1CCS(=O)(=O)C1. The molecule has 1 aromatic carbocycles. The summed E-state index contributed by atoms with van der Waals surface area (Å²) in [6.07, 6.45) is 0.290. The maximum atomic E-state index is 12.5. The minimum atomic E-state index is -3.17. The molecule has 1 atom stereocenters. The molecule has 1 aliphatic rings. The first-order valence-corrected chi connectivity index (χ1v) is 11.4. The number of esters is 1. The zero-order valence-corrected chi connectivity index (χ0v) is 17.2. The van der Waals surface area contributed by atoms with Crippen LogP contribution in [0.2, 0.25) is 0 Å². The molecule has 0 bridgehead atoms. The van der Waals surface area contributed by atoms with E-state index in [2.05, 4.69) is 5.32 Å². The predicted octanol–water partition coefficient (Wildman–Crippen LogP) is 2.97. The van der Waals surface area contributed by atoms with Crippen LogP contribution in [-0.2, 0) is 19.4 Å². The van der Waals surface area contributed by atoms with Crippen molar-refractivity contribution in [2.75, 3.05) is 30.5 Å². The van der Waals surface area contributed by atoms with Gasteiger partial charge in [0.25, 0.3) is 0 Å². The van der Waals surface area contributed by atoms with Crippen LogP contribution in [0.5, 0.6) is 5.75 Å². The Morgan fingerprint density at radius 2 is 1.96 bits per heavy atom. The Hall–Kier alpha value is -2.39. The molecule has 1 aliphatic heterocycles. The number of thiophene rings is 1. The molecule has 1 aromatic heterocycles. The van der Waals surface area contributed by atoms with Crippen molar-refractivity contribution in [3.05, 3.63) is 35.2 Å². The third-order valence-corrected chi connectivity index (χ3v) is 7.36. The number of carbonyl (C=O) groups is 2. The third kappa shape index (κ3) is 4.53. The Balaban J connectivity index is 1.88. The van der Waals surface area contributed by atoms with E-state index < -0.39 is 27.6 Å². The Labute approximate surface area is 167 Å². The first kappa shape index (κ1) is 20.3. The lowest BCUT2D eigenvalue weighted by molar-refractivity contribution is -0.119. The molecule has 1 saturated heterocycles. The molecule has 0 saturated carbocycles. The van der Waals surface area contributed by atoms with E-state index in [0.29, 0.717) is 17.9 Å². The summed E-state index contributed by atoms with van der Waals surface area (Å²) in [5.41, 5.74) is 1.20. The Morgan fingerprint density at radius 1 is 1.25 bits per heavy atom. The molecule has 7 nitrogen and oxygen atoms in total. The van der Waals surface area contributed by atoms with E-state index in [4.69, 9.17) is 9.47 Å². The molecule has 1 amide bonds. The summed E-state index contributed by atoms with van der Waals surface area (Å²) in [6.45, 7) is 1.92. The Morgan fingerprint density at radius 3 is 2.54 bits per heavy atom. The van der Waals surface area contributed by atoms with E-state index in [9.17, 15) is 18.0 Å². The topological polar surface area (TPSA) is 98.8 Å². The molecular formula is C19H21NO6S2. The van der Waals surface area contributed by atoms with Crippen molar-refractivity contribution < 1.29 is 27.5 Å². The molecule has 0 aliphatic carbocycles. The van der Waals surface area contributed by atoms with Gasteiger partial charge in [-0.25, -0.2) is 13.2 Å². The Bertz CT molecular complexity index is 978. The number of methoxy groups -OCH3 is 1. The van der Waals surface area contributed by atoms with Crippen LogP contribution < -0.4 is 10.1 Å². The summed E-state index contributed by atoms with van der Waals surface area (Å²) in [4.78, 5) is 25.9. The summed E-state index contributed by atoms with van der Waals surface area (Å²) >= 11 is 1.21. The van der Waals surface area contributed by atoms with Crippen molar-refractivity contribution in [1.29, 1.82) is 0 Å². The molecular weight excluding hydrogens is 402 g/mol. The largest absolute Gasteiger partial charge is 0.497 e. The second kappa shape index (κ2) is 8.32. The van der Waals surface area contributed by atoms with Gasteiger partial charge in [0.1, 0.15) is 10.6 Å². The normalized spacial score (nSPS) is 17.9. The van der Waals surface area contributed by atoms with Gasteiger partial charge in [0, 0.05) is 4.88 Å². The maximum absolute atomic E-state index is 12.5. The van der Waals surface area contributed by atoms with Gasteiger partial charge >= 0.3 is 5.97 Å². The van der Waals surface area contributed by atoms with E-state index in [-0.39, 0.29) is 23.0 Å². The molecule has 0 radical (unpaired) electrons. The van der Waals surface area contributed by atoms with E-state index in [1.165, 1.54) is 11.3 Å². The fraction of sp³-hybridized carbons (Fsp3) is 0.368. The Kier molecular flexibility index (Phi) is 6.04. The van der Waals surface area contributed by atoms with E-state index in [1.807, 2.05) is 12.1 Å². The van der Waals surface area contributed by atoms with Crippen molar-refractivity contribution in [2.45, 2.75) is 13.3 Å². The summed E-state index contributed by atoms with van der Waals surface area (Å²) in [6, 6.07) is 9.03. The summed E-state index contributed by atoms with van der Waals surface area (Å²) in [5.74, 6) is -0.974. The highest BCUT2D eigenvalue weighted by atomic mass is 32.2. The highest BCUT2D eigenvalue weighted by Crippen LogP contribution is 2.36. The summed E-state index contributed by atoms with van der Waals surface area (Å²) in [5, 5.41) is 2.72. The number of amides is 1. The second-order valence-corrected chi connectivity index (χ2v) is 9.67. The van der Waals surface area contributed by atoms with Gasteiger partial charge in [-0.3, -0.25) is 4.79 Å². The number of hydrogen-bond acceptors (Lipinski definition) is 7. The fourth-order valence-electron chi connectivity index (χ4n) is 2.97. The zero-order valence-electron chi connectivity index (χ0n) is 15.6. The van der Waals surface area contributed by atoms with Crippen molar-refractivity contribution in [2.24, 2.45) is 5.92 Å². The molecule has 150 valence electrons. The number of sulfone groups is 1. The van der Waals surface area contributed by atoms with Crippen LogP contribution in [0.15, 0.2) is 30.3 Å². The lowest BCUT2D eigenvalue weighted by Crippen LogP contribution is -2.24. The van der Waals surface area contributed by atoms with E-state index >= 15 is 0 Å². The summed E-state index contributed by atoms with van der Waals surface area (Å²) < 4.78 is 33.5. The monoisotopic (exact) mass is 423 g/mol. The maximum Gasteiger partial charge on any atom is 0.350 e. The first-order chi connectivity index (χ1) is 13.3. The number of nitrogens with one attached hydrogen (secondary N) is 1. The van der Waals surface area contributed by atoms with Crippen molar-refractivity contribution in [3.63, 3.8) is 0 Å². The van der Waals surface area contributed by atoms with Crippen LogP contribution in [0.3, 0.4) is 0 Å². The van der Waals surface area contributed by atoms with Crippen molar-refractivity contribution >= 4 is 38.7 Å². The van der Waals surface area contributed by atoms with Crippen LogP contribution in [0, 0.1) is 5.92 Å². The number of benzene rings is 1. The van der Waals surface area contributed by atoms with Gasteiger partial charge in [0.2, 0.25) is 5.91 Å². The zero-order chi connectivity index (χ0) is 20.3. The molecule has 2 heterocycles. The molecule has 28 heavy (non-hydrogen) atoms. The average molecular weight is 424 g/mol. The number of hydrogen-bond donors (Lipinski definition) is 1. The van der Waals surface area contributed by atoms with E-state index in [1.54, 1.807) is 32.2 Å². The molecule has 9 heteroatoms. The number of anilines is 1. The fourth-order valence-corrected chi connectivity index (χ4v) is 5.72. The van der Waals surface area contributed by atoms with Gasteiger partial charge in [0.15, 0.2) is 9.84 Å². The average Bonchev–Trinajstić information content (AvgIpc) is 3.25. The minimum absolute atomic E-state index is 0.0105. The van der Waals surface area contributed by atoms with Gasteiger partial charge in [-0.05, 0) is 49.2 Å². The second-order valence-electron chi connectivity index (χ2n) is 6.39. The van der Waals surface area contributed by atoms with Crippen LogP contribution in [0.25, 0.3) is 10.4 Å². The van der Waals surface area contributed by atoms with Crippen LogP contribution in [-0.4, -0.2) is 45.5 Å². The van der Waals surface area contributed by atoms with Crippen LogP contribution in [0.1, 0.15) is 23.0 Å². The lowest BCUT2D eigenvalue weighted by atomic mass is 10.1. The molecule has 2 aromatic rings. The quantitative estimate of drug-likeness (QED) is 0.717. The highest BCUT2D eigenvalue weighted by Gasteiger charge is 2.33. The smallest absolute Gasteiger partial charge is 0.350 e. The standard InChI is InChI=1S/C19H21NO6S2/c1-3-26-19(22)17-15(20-18(21)13-8-9-28(23,24)11-13)10-16(27-17)12-4-6-14(25-2)7-5-12/h4-7,10,13H,3,8-9,11H2,1-2H3,(H,20,21)/t13-/m1/s1. The van der Waals surface area contributed by atoms with Gasteiger partial charge in [0.05, 0.1) is 36.8 Å². The lowest BCUT2D eigenvalue weighted by Gasteiger charge is -2.09. The van der Waals surface area contributed by atoms with Gasteiger partial charge < -0.3 is 14.8 Å². The third-order valence-electron chi connectivity index (χ3n) is 4.43. The highest BCUT2D eigenvalue weighted by molar-refractivity contribution is 7.91.